The highest BCUT2D eigenvalue weighted by Gasteiger charge is 2.08. The number of amides is 1. The number of hydrogen-bond donors (Lipinski definition) is 2. The number of nitrogens with zero attached hydrogens (tertiary/aromatic N) is 1. The largest absolute Gasteiger partial charge is 0.393 e. The number of nitrogens with one attached hydrogen (secondary N) is 1. The van der Waals surface area contributed by atoms with Crippen LogP contribution in [-0.4, -0.2) is 47.9 Å². The molecule has 1 rings (SSSR count). The number of aliphatic hydroxyl groups excluding tert-OH is 1. The highest BCUT2D eigenvalue weighted by molar-refractivity contribution is 5.97. The Kier molecular flexibility index (Phi) is 6.35. The molecule has 110 valence electrons. The number of carbonyl (C=O) groups excluding carboxylic acids is 2. The molecule has 1 unspecified atom stereocenters. The van der Waals surface area contributed by atoms with Crippen LogP contribution in [0.25, 0.3) is 0 Å². The van der Waals surface area contributed by atoms with Gasteiger partial charge < -0.3 is 10.4 Å². The summed E-state index contributed by atoms with van der Waals surface area (Å²) in [6.07, 6.45) is 0.261. The fraction of sp³-hybridized carbons (Fsp3) is 0.467. The highest BCUT2D eigenvalue weighted by atomic mass is 16.3. The summed E-state index contributed by atoms with van der Waals surface area (Å²) in [7, 11) is 1.83. The molecule has 5 nitrogen and oxygen atoms in total. The third-order valence-electron chi connectivity index (χ3n) is 2.89. The molecule has 0 aliphatic heterocycles. The predicted octanol–water partition coefficient (Wildman–Crippen LogP) is 1.53. The van der Waals surface area contributed by atoms with Crippen molar-refractivity contribution in [1.82, 2.24) is 4.90 Å². The number of likely N-dealkylation sites (N-methyl/N-ethyl adjacent to an activating group) is 1. The number of ketones is 1. The second-order valence-corrected chi connectivity index (χ2v) is 5.06. The number of Topliss-reactive ketones (excluding diaryl/α,β-unsaturated/α-hetero) is 1. The molecule has 0 radical (unpaired) electrons. The summed E-state index contributed by atoms with van der Waals surface area (Å²) in [5, 5.41) is 12.0. The average molecular weight is 278 g/mol. The van der Waals surface area contributed by atoms with E-state index in [1.165, 1.54) is 6.92 Å². The zero-order valence-corrected chi connectivity index (χ0v) is 12.2. The Balaban J connectivity index is 2.49. The number of rotatable bonds is 7. The lowest BCUT2D eigenvalue weighted by Gasteiger charge is -2.17. The molecular weight excluding hydrogens is 256 g/mol. The van der Waals surface area contributed by atoms with E-state index in [9.17, 15) is 14.7 Å². The molecule has 1 atom stereocenters. The molecule has 0 saturated carbocycles. The van der Waals surface area contributed by atoms with E-state index >= 15 is 0 Å². The van der Waals surface area contributed by atoms with Crippen LogP contribution in [0.1, 0.15) is 30.6 Å². The first kappa shape index (κ1) is 16.3. The zero-order chi connectivity index (χ0) is 15.1. The molecule has 0 spiro atoms. The van der Waals surface area contributed by atoms with Crippen molar-refractivity contribution in [2.75, 3.05) is 25.5 Å². The molecule has 20 heavy (non-hydrogen) atoms. The highest BCUT2D eigenvalue weighted by Crippen LogP contribution is 2.11. The van der Waals surface area contributed by atoms with Crippen molar-refractivity contribution in [2.45, 2.75) is 26.4 Å². The molecule has 0 heterocycles. The van der Waals surface area contributed by atoms with Crippen LogP contribution in [0.4, 0.5) is 5.69 Å². The first-order valence-electron chi connectivity index (χ1n) is 6.66. The van der Waals surface area contributed by atoms with Crippen molar-refractivity contribution >= 4 is 17.4 Å². The second kappa shape index (κ2) is 7.77. The van der Waals surface area contributed by atoms with E-state index < -0.39 is 0 Å². The topological polar surface area (TPSA) is 69.6 Å². The first-order valence-corrected chi connectivity index (χ1v) is 6.66. The van der Waals surface area contributed by atoms with Crippen molar-refractivity contribution in [3.05, 3.63) is 29.8 Å². The van der Waals surface area contributed by atoms with Gasteiger partial charge in [0.1, 0.15) is 0 Å². The van der Waals surface area contributed by atoms with E-state index in [-0.39, 0.29) is 24.3 Å². The summed E-state index contributed by atoms with van der Waals surface area (Å²) in [5.74, 6) is -0.172. The number of aliphatic hydroxyl groups is 1. The Morgan fingerprint density at radius 3 is 2.70 bits per heavy atom. The molecule has 0 bridgehead atoms. The van der Waals surface area contributed by atoms with E-state index in [4.69, 9.17) is 0 Å². The number of anilines is 1. The van der Waals surface area contributed by atoms with Gasteiger partial charge in [-0.3, -0.25) is 14.5 Å². The van der Waals surface area contributed by atoms with Crippen LogP contribution in [-0.2, 0) is 4.79 Å². The number of hydrogen-bond acceptors (Lipinski definition) is 4. The fourth-order valence-corrected chi connectivity index (χ4v) is 1.75. The minimum atomic E-state index is -0.368. The number of benzene rings is 1. The van der Waals surface area contributed by atoms with Gasteiger partial charge in [0.25, 0.3) is 0 Å². The molecule has 0 aliphatic carbocycles. The molecule has 0 aromatic heterocycles. The van der Waals surface area contributed by atoms with E-state index in [2.05, 4.69) is 5.32 Å². The molecule has 0 aliphatic rings. The van der Waals surface area contributed by atoms with E-state index in [1.54, 1.807) is 31.2 Å². The van der Waals surface area contributed by atoms with Gasteiger partial charge in [-0.1, -0.05) is 12.1 Å². The predicted molar refractivity (Wildman–Crippen MR) is 78.9 cm³/mol. The zero-order valence-electron chi connectivity index (χ0n) is 12.2. The molecular formula is C15H22N2O3. The lowest BCUT2D eigenvalue weighted by molar-refractivity contribution is -0.117. The maximum Gasteiger partial charge on any atom is 0.238 e. The van der Waals surface area contributed by atoms with Crippen LogP contribution in [0.2, 0.25) is 0 Å². The Morgan fingerprint density at radius 2 is 2.10 bits per heavy atom. The maximum absolute atomic E-state index is 11.8. The molecule has 0 fully saturated rings. The van der Waals surface area contributed by atoms with Crippen LogP contribution in [0, 0.1) is 0 Å². The van der Waals surface area contributed by atoms with Gasteiger partial charge in [-0.05, 0) is 39.4 Å². The smallest absolute Gasteiger partial charge is 0.238 e. The third-order valence-corrected chi connectivity index (χ3v) is 2.89. The van der Waals surface area contributed by atoms with Gasteiger partial charge in [0.2, 0.25) is 5.91 Å². The molecule has 5 heteroatoms. The molecule has 0 saturated heterocycles. The minimum absolute atomic E-state index is 0.0323. The van der Waals surface area contributed by atoms with Crippen LogP contribution >= 0.6 is 0 Å². The monoisotopic (exact) mass is 278 g/mol. The van der Waals surface area contributed by atoms with Crippen LogP contribution in [0.5, 0.6) is 0 Å². The van der Waals surface area contributed by atoms with Gasteiger partial charge in [-0.2, -0.15) is 0 Å². The van der Waals surface area contributed by atoms with E-state index in [0.29, 0.717) is 24.2 Å². The van der Waals surface area contributed by atoms with E-state index in [1.807, 2.05) is 11.9 Å². The summed E-state index contributed by atoms with van der Waals surface area (Å²) in [6, 6.07) is 6.87. The van der Waals surface area contributed by atoms with Crippen molar-refractivity contribution in [3.8, 4) is 0 Å². The standard InChI is InChI=1S/C15H22N2O3/c1-11(18)7-8-17(3)10-15(20)16-14-6-4-5-13(9-14)12(2)19/h4-6,9,11,18H,7-8,10H2,1-3H3,(H,16,20). The molecule has 1 aromatic carbocycles. The van der Waals surface area contributed by atoms with Crippen LogP contribution in [0.3, 0.4) is 0 Å². The molecule has 2 N–H and O–H groups in total. The summed E-state index contributed by atoms with van der Waals surface area (Å²) in [5.41, 5.74) is 1.19. The Hall–Kier alpha value is -1.72. The Morgan fingerprint density at radius 1 is 1.40 bits per heavy atom. The first-order chi connectivity index (χ1) is 9.38. The quantitative estimate of drug-likeness (QED) is 0.742. The second-order valence-electron chi connectivity index (χ2n) is 5.06. The SMILES string of the molecule is CC(=O)c1cccc(NC(=O)CN(C)CCC(C)O)c1. The lowest BCUT2D eigenvalue weighted by Crippen LogP contribution is -2.32. The van der Waals surface area contributed by atoms with Gasteiger partial charge in [0.05, 0.1) is 12.6 Å². The van der Waals surface area contributed by atoms with Crippen LogP contribution in [0.15, 0.2) is 24.3 Å². The van der Waals surface area contributed by atoms with Gasteiger partial charge in [-0.25, -0.2) is 0 Å². The number of carbonyl (C=O) groups is 2. The molecule has 1 amide bonds. The van der Waals surface area contributed by atoms with Gasteiger partial charge in [0.15, 0.2) is 5.78 Å². The summed E-state index contributed by atoms with van der Waals surface area (Å²) in [6.45, 7) is 4.11. The van der Waals surface area contributed by atoms with Crippen molar-refractivity contribution < 1.29 is 14.7 Å². The lowest BCUT2D eigenvalue weighted by atomic mass is 10.1. The third kappa shape index (κ3) is 5.95. The Bertz CT molecular complexity index is 472. The maximum atomic E-state index is 11.8. The van der Waals surface area contributed by atoms with Crippen molar-refractivity contribution in [1.29, 1.82) is 0 Å². The normalized spacial score (nSPS) is 12.2. The summed E-state index contributed by atoms with van der Waals surface area (Å²) in [4.78, 5) is 25.0. The van der Waals surface area contributed by atoms with Gasteiger partial charge in [-0.15, -0.1) is 0 Å². The minimum Gasteiger partial charge on any atom is -0.393 e. The van der Waals surface area contributed by atoms with Crippen molar-refractivity contribution in [3.63, 3.8) is 0 Å². The summed E-state index contributed by atoms with van der Waals surface area (Å²) < 4.78 is 0. The summed E-state index contributed by atoms with van der Waals surface area (Å²) >= 11 is 0. The van der Waals surface area contributed by atoms with Gasteiger partial charge >= 0.3 is 0 Å². The average Bonchev–Trinajstić information content (AvgIpc) is 2.36. The Labute approximate surface area is 119 Å². The van der Waals surface area contributed by atoms with Gasteiger partial charge in [0, 0.05) is 17.8 Å². The van der Waals surface area contributed by atoms with E-state index in [0.717, 1.165) is 0 Å². The molecule has 1 aromatic rings. The van der Waals surface area contributed by atoms with Crippen LogP contribution < -0.4 is 5.32 Å². The van der Waals surface area contributed by atoms with Crippen molar-refractivity contribution in [2.24, 2.45) is 0 Å². The fourth-order valence-electron chi connectivity index (χ4n) is 1.75.